The molecule has 0 atom stereocenters. The molecule has 0 amide bonds. The zero-order chi connectivity index (χ0) is 17.6. The van der Waals surface area contributed by atoms with E-state index in [1.165, 1.54) is 38.6 Å². The molecule has 4 aromatic carbocycles. The van der Waals surface area contributed by atoms with Gasteiger partial charge in [0, 0.05) is 10.2 Å². The third-order valence-electron chi connectivity index (χ3n) is 5.64. The SMILES string of the molecule is [SiH3]c1ccc(C2(c3ccccc3)c3ccccc3-c3ccccc32)cc1. The summed E-state index contributed by atoms with van der Waals surface area (Å²) in [5.41, 5.74) is 7.90. The summed E-state index contributed by atoms with van der Waals surface area (Å²) in [5.74, 6) is 0. The number of rotatable bonds is 2. The fourth-order valence-corrected chi connectivity index (χ4v) is 4.85. The lowest BCUT2D eigenvalue weighted by Crippen LogP contribution is -2.28. The quantitative estimate of drug-likeness (QED) is 0.422. The highest BCUT2D eigenvalue weighted by Crippen LogP contribution is 2.55. The van der Waals surface area contributed by atoms with Crippen LogP contribution in [0.1, 0.15) is 22.3 Å². The Morgan fingerprint density at radius 2 is 0.923 bits per heavy atom. The van der Waals surface area contributed by atoms with Crippen LogP contribution in [-0.2, 0) is 5.41 Å². The molecule has 0 saturated heterocycles. The summed E-state index contributed by atoms with van der Waals surface area (Å²) in [6.45, 7) is 0. The number of hydrogen-bond donors (Lipinski definition) is 0. The molecule has 0 fully saturated rings. The molecule has 1 heteroatoms. The van der Waals surface area contributed by atoms with Gasteiger partial charge in [-0.05, 0) is 33.4 Å². The average Bonchev–Trinajstić information content (AvgIpc) is 3.01. The normalized spacial score (nSPS) is 14.0. The van der Waals surface area contributed by atoms with E-state index in [-0.39, 0.29) is 5.41 Å². The second-order valence-corrected chi connectivity index (χ2v) is 8.23. The monoisotopic (exact) mass is 348 g/mol. The van der Waals surface area contributed by atoms with E-state index < -0.39 is 0 Å². The Morgan fingerprint density at radius 3 is 1.50 bits per heavy atom. The highest BCUT2D eigenvalue weighted by molar-refractivity contribution is 6.32. The molecule has 0 N–H and O–H groups in total. The Kier molecular flexibility index (Phi) is 3.44. The van der Waals surface area contributed by atoms with Gasteiger partial charge in [0.15, 0.2) is 0 Å². The summed E-state index contributed by atoms with van der Waals surface area (Å²) in [7, 11) is 1.08. The predicted octanol–water partition coefficient (Wildman–Crippen LogP) is 4.04. The van der Waals surface area contributed by atoms with Crippen LogP contribution in [0, 0.1) is 0 Å². The fourth-order valence-electron chi connectivity index (χ4n) is 4.52. The van der Waals surface area contributed by atoms with E-state index in [4.69, 9.17) is 0 Å². The van der Waals surface area contributed by atoms with Gasteiger partial charge in [0.05, 0.1) is 5.41 Å². The second-order valence-electron chi connectivity index (χ2n) is 7.07. The zero-order valence-corrected chi connectivity index (χ0v) is 16.8. The fraction of sp³-hybridized carbons (Fsp3) is 0.0400. The Labute approximate surface area is 157 Å². The molecule has 0 radical (unpaired) electrons. The number of benzene rings is 4. The first kappa shape index (κ1) is 15.4. The summed E-state index contributed by atoms with van der Waals surface area (Å²) in [6, 6.07) is 38.0. The minimum atomic E-state index is -0.246. The van der Waals surface area contributed by atoms with Gasteiger partial charge in [-0.1, -0.05) is 108 Å². The van der Waals surface area contributed by atoms with Crippen molar-refractivity contribution in [2.45, 2.75) is 5.41 Å². The van der Waals surface area contributed by atoms with Crippen molar-refractivity contribution in [1.82, 2.24) is 0 Å². The molecule has 0 aromatic heterocycles. The molecule has 0 heterocycles. The van der Waals surface area contributed by atoms with E-state index in [0.717, 1.165) is 10.2 Å². The van der Waals surface area contributed by atoms with E-state index in [0.29, 0.717) is 0 Å². The van der Waals surface area contributed by atoms with Gasteiger partial charge in [-0.3, -0.25) is 0 Å². The van der Waals surface area contributed by atoms with E-state index in [1.807, 2.05) is 0 Å². The van der Waals surface area contributed by atoms with Crippen molar-refractivity contribution in [3.05, 3.63) is 125 Å². The number of fused-ring (bicyclic) bond motifs is 3. The molecule has 0 saturated carbocycles. The van der Waals surface area contributed by atoms with Gasteiger partial charge in [-0.2, -0.15) is 0 Å². The first-order chi connectivity index (χ1) is 12.8. The van der Waals surface area contributed by atoms with Gasteiger partial charge in [0.1, 0.15) is 0 Å². The zero-order valence-electron chi connectivity index (χ0n) is 14.8. The smallest absolute Gasteiger partial charge is 0.0707 e. The second kappa shape index (κ2) is 5.82. The van der Waals surface area contributed by atoms with Crippen LogP contribution in [0.4, 0.5) is 0 Å². The maximum Gasteiger partial charge on any atom is 0.0713 e. The molecule has 0 unspecified atom stereocenters. The summed E-state index contributed by atoms with van der Waals surface area (Å²) in [5, 5.41) is 1.43. The van der Waals surface area contributed by atoms with Gasteiger partial charge in [0.2, 0.25) is 0 Å². The molecule has 5 rings (SSSR count). The van der Waals surface area contributed by atoms with Crippen molar-refractivity contribution in [3.63, 3.8) is 0 Å². The first-order valence-electron chi connectivity index (χ1n) is 9.14. The van der Waals surface area contributed by atoms with Crippen molar-refractivity contribution < 1.29 is 0 Å². The van der Waals surface area contributed by atoms with Crippen LogP contribution in [0.25, 0.3) is 11.1 Å². The molecule has 4 aromatic rings. The van der Waals surface area contributed by atoms with Gasteiger partial charge in [-0.25, -0.2) is 0 Å². The van der Waals surface area contributed by atoms with Gasteiger partial charge < -0.3 is 0 Å². The van der Waals surface area contributed by atoms with Crippen LogP contribution < -0.4 is 5.19 Å². The Balaban J connectivity index is 1.96. The molecule has 124 valence electrons. The predicted molar refractivity (Wildman–Crippen MR) is 113 cm³/mol. The first-order valence-corrected chi connectivity index (χ1v) is 10.1. The van der Waals surface area contributed by atoms with Crippen molar-refractivity contribution in [1.29, 1.82) is 0 Å². The summed E-state index contributed by atoms with van der Waals surface area (Å²) < 4.78 is 0. The topological polar surface area (TPSA) is 0 Å². The van der Waals surface area contributed by atoms with Crippen LogP contribution in [0.15, 0.2) is 103 Å². The van der Waals surface area contributed by atoms with Crippen molar-refractivity contribution in [2.75, 3.05) is 0 Å². The van der Waals surface area contributed by atoms with E-state index >= 15 is 0 Å². The lowest BCUT2D eigenvalue weighted by atomic mass is 9.68. The molecular formula is C25H20Si. The highest BCUT2D eigenvalue weighted by Gasteiger charge is 2.45. The minimum absolute atomic E-state index is 0.246. The van der Waals surface area contributed by atoms with Crippen molar-refractivity contribution >= 4 is 15.4 Å². The van der Waals surface area contributed by atoms with Crippen LogP contribution in [0.3, 0.4) is 0 Å². The summed E-state index contributed by atoms with van der Waals surface area (Å²) in [4.78, 5) is 0. The maximum atomic E-state index is 2.33. The van der Waals surface area contributed by atoms with E-state index in [9.17, 15) is 0 Å². The summed E-state index contributed by atoms with van der Waals surface area (Å²) in [6.07, 6.45) is 0. The van der Waals surface area contributed by atoms with Gasteiger partial charge in [-0.15, -0.1) is 0 Å². The molecule has 0 nitrogen and oxygen atoms in total. The highest BCUT2D eigenvalue weighted by atomic mass is 28.1. The average molecular weight is 349 g/mol. The molecule has 1 aliphatic carbocycles. The maximum absolute atomic E-state index is 2.33. The van der Waals surface area contributed by atoms with E-state index in [2.05, 4.69) is 103 Å². The number of hydrogen-bond acceptors (Lipinski definition) is 0. The molecular weight excluding hydrogens is 328 g/mol. The van der Waals surface area contributed by atoms with E-state index in [1.54, 1.807) is 0 Å². The van der Waals surface area contributed by atoms with Gasteiger partial charge >= 0.3 is 0 Å². The van der Waals surface area contributed by atoms with Crippen molar-refractivity contribution in [2.24, 2.45) is 0 Å². The third-order valence-corrected chi connectivity index (χ3v) is 6.31. The van der Waals surface area contributed by atoms with Crippen LogP contribution in [0.5, 0.6) is 0 Å². The van der Waals surface area contributed by atoms with Crippen LogP contribution >= 0.6 is 0 Å². The van der Waals surface area contributed by atoms with Crippen LogP contribution in [0.2, 0.25) is 0 Å². The lowest BCUT2D eigenvalue weighted by Gasteiger charge is -2.33. The minimum Gasteiger partial charge on any atom is -0.0707 e. The molecule has 0 bridgehead atoms. The molecule has 26 heavy (non-hydrogen) atoms. The Bertz CT molecular complexity index is 1030. The molecule has 1 aliphatic rings. The van der Waals surface area contributed by atoms with Crippen molar-refractivity contribution in [3.8, 4) is 11.1 Å². The largest absolute Gasteiger partial charge is 0.0713 e. The Hall–Kier alpha value is -2.90. The molecule has 0 spiro atoms. The third kappa shape index (κ3) is 2.01. The Morgan fingerprint density at radius 1 is 0.462 bits per heavy atom. The van der Waals surface area contributed by atoms with Gasteiger partial charge in [0.25, 0.3) is 0 Å². The lowest BCUT2D eigenvalue weighted by molar-refractivity contribution is 0.769. The summed E-state index contributed by atoms with van der Waals surface area (Å²) >= 11 is 0. The standard InChI is InChI=1S/C25H20Si/c26-20-16-14-19(15-17-20)25(18-8-2-1-3-9-18)23-12-6-4-10-21(23)22-11-5-7-13-24(22)25/h1-17H,26H3. The molecule has 0 aliphatic heterocycles. The van der Waals surface area contributed by atoms with Crippen LogP contribution in [-0.4, -0.2) is 10.2 Å².